The topological polar surface area (TPSA) is 84.5 Å². The van der Waals surface area contributed by atoms with Gasteiger partial charge in [0.05, 0.1) is 23.3 Å². The van der Waals surface area contributed by atoms with Crippen molar-refractivity contribution in [3.63, 3.8) is 0 Å². The summed E-state index contributed by atoms with van der Waals surface area (Å²) < 4.78 is 46.9. The number of nitrogens with zero attached hydrogens (tertiary/aromatic N) is 5. The first kappa shape index (κ1) is 24.8. The molecule has 1 saturated heterocycles. The summed E-state index contributed by atoms with van der Waals surface area (Å²) >= 11 is 1.08. The van der Waals surface area contributed by atoms with Crippen molar-refractivity contribution in [1.82, 2.24) is 24.6 Å². The van der Waals surface area contributed by atoms with Crippen LogP contribution in [0.1, 0.15) is 25.8 Å². The van der Waals surface area contributed by atoms with E-state index in [2.05, 4.69) is 10.2 Å². The minimum Gasteiger partial charge on any atom is -0.461 e. The lowest BCUT2D eigenvalue weighted by molar-refractivity contribution is -0.141. The summed E-state index contributed by atoms with van der Waals surface area (Å²) in [6, 6.07) is 8.00. The second-order valence-electron chi connectivity index (χ2n) is 8.09. The number of piperazine rings is 1. The van der Waals surface area contributed by atoms with Gasteiger partial charge in [-0.1, -0.05) is 24.8 Å². The maximum Gasteiger partial charge on any atom is 0.416 e. The van der Waals surface area contributed by atoms with Crippen molar-refractivity contribution in [2.75, 3.05) is 25.4 Å². The van der Waals surface area contributed by atoms with Gasteiger partial charge in [0.15, 0.2) is 10.9 Å². The van der Waals surface area contributed by atoms with Gasteiger partial charge < -0.3 is 14.2 Å². The third-order valence-electron chi connectivity index (χ3n) is 5.73. The Kier molecular flexibility index (Phi) is 7.20. The van der Waals surface area contributed by atoms with Crippen LogP contribution in [0.3, 0.4) is 0 Å². The van der Waals surface area contributed by atoms with Gasteiger partial charge in [-0.15, -0.1) is 10.2 Å². The molecule has 12 heteroatoms. The molecular weight excluding hydrogens is 483 g/mol. The number of aromatic nitrogens is 3. The van der Waals surface area contributed by atoms with Gasteiger partial charge in [-0.25, -0.2) is 0 Å². The van der Waals surface area contributed by atoms with Gasteiger partial charge in [0, 0.05) is 32.1 Å². The molecule has 0 aliphatic carbocycles. The van der Waals surface area contributed by atoms with E-state index in [0.717, 1.165) is 23.9 Å². The second kappa shape index (κ2) is 10.1. The van der Waals surface area contributed by atoms with Crippen LogP contribution < -0.4 is 0 Å². The molecule has 2 aromatic heterocycles. The molecule has 1 aliphatic heterocycles. The van der Waals surface area contributed by atoms with E-state index in [4.69, 9.17) is 4.42 Å². The lowest BCUT2D eigenvalue weighted by atomic mass is 10.2. The Morgan fingerprint density at radius 3 is 2.60 bits per heavy atom. The number of hydrogen-bond acceptors (Lipinski definition) is 6. The van der Waals surface area contributed by atoms with Gasteiger partial charge in [-0.05, 0) is 37.3 Å². The summed E-state index contributed by atoms with van der Waals surface area (Å²) in [4.78, 5) is 28.4. The highest BCUT2D eigenvalue weighted by Gasteiger charge is 2.32. The third-order valence-corrected chi connectivity index (χ3v) is 6.65. The van der Waals surface area contributed by atoms with E-state index >= 15 is 0 Å². The van der Waals surface area contributed by atoms with Crippen molar-refractivity contribution >= 4 is 23.6 Å². The normalized spacial score (nSPS) is 16.5. The Balaban J connectivity index is 1.55. The molecule has 1 unspecified atom stereocenters. The number of carbonyl (C=O) groups is 2. The summed E-state index contributed by atoms with van der Waals surface area (Å²) in [5, 5.41) is 8.51. The van der Waals surface area contributed by atoms with Gasteiger partial charge in [-0.3, -0.25) is 14.2 Å². The Labute approximate surface area is 204 Å². The zero-order valence-corrected chi connectivity index (χ0v) is 20.0. The molecule has 3 aromatic rings. The minimum atomic E-state index is -4.52. The monoisotopic (exact) mass is 507 g/mol. The highest BCUT2D eigenvalue weighted by atomic mass is 32.2. The molecule has 1 atom stereocenters. The molecule has 2 amide bonds. The van der Waals surface area contributed by atoms with Crippen molar-refractivity contribution in [2.24, 2.45) is 0 Å². The standard InChI is InChI=1S/C23H24F3N5O3S/c1-3-19(32)30-10-9-29(13-15(30)2)20(33)14-35-22-28-27-21(18-8-5-11-34-18)31(22)17-7-4-6-16(12-17)23(24,25)26/h4-8,11-12,15H,3,9-10,13-14H2,1-2H3. The lowest BCUT2D eigenvalue weighted by Gasteiger charge is -2.39. The number of thioether (sulfide) groups is 1. The number of halogens is 3. The highest BCUT2D eigenvalue weighted by Crippen LogP contribution is 2.33. The summed E-state index contributed by atoms with van der Waals surface area (Å²) in [6.07, 6.45) is -2.67. The Morgan fingerprint density at radius 2 is 1.94 bits per heavy atom. The van der Waals surface area contributed by atoms with E-state index in [1.54, 1.807) is 28.9 Å². The van der Waals surface area contributed by atoms with E-state index < -0.39 is 11.7 Å². The molecule has 35 heavy (non-hydrogen) atoms. The molecule has 4 rings (SSSR count). The first-order chi connectivity index (χ1) is 16.7. The highest BCUT2D eigenvalue weighted by molar-refractivity contribution is 7.99. The second-order valence-corrected chi connectivity index (χ2v) is 9.03. The van der Waals surface area contributed by atoms with Gasteiger partial charge in [-0.2, -0.15) is 13.2 Å². The van der Waals surface area contributed by atoms with Gasteiger partial charge in [0.1, 0.15) is 0 Å². The van der Waals surface area contributed by atoms with E-state index in [1.807, 2.05) is 6.92 Å². The zero-order chi connectivity index (χ0) is 25.2. The Hall–Kier alpha value is -3.28. The SMILES string of the molecule is CCC(=O)N1CCN(C(=O)CSc2nnc(-c3ccco3)n2-c2cccc(C(F)(F)F)c2)CC1C. The zero-order valence-electron chi connectivity index (χ0n) is 19.2. The van der Waals surface area contributed by atoms with Crippen LogP contribution >= 0.6 is 11.8 Å². The molecule has 8 nitrogen and oxygen atoms in total. The van der Waals surface area contributed by atoms with Crippen LogP contribution in [0, 0.1) is 0 Å². The molecule has 1 aliphatic rings. The number of furan rings is 1. The molecule has 1 aromatic carbocycles. The summed E-state index contributed by atoms with van der Waals surface area (Å²) in [6.45, 7) is 5.02. The quantitative estimate of drug-likeness (QED) is 0.467. The van der Waals surface area contributed by atoms with Crippen LogP contribution in [0.25, 0.3) is 17.3 Å². The summed E-state index contributed by atoms with van der Waals surface area (Å²) in [7, 11) is 0. The van der Waals surface area contributed by atoms with Crippen molar-refractivity contribution in [3.8, 4) is 17.3 Å². The number of hydrogen-bond donors (Lipinski definition) is 0. The molecule has 1 fully saturated rings. The molecule has 0 N–H and O–H groups in total. The van der Waals surface area contributed by atoms with Crippen LogP contribution in [-0.4, -0.2) is 67.8 Å². The van der Waals surface area contributed by atoms with Gasteiger partial charge in [0.25, 0.3) is 0 Å². The predicted octanol–water partition coefficient (Wildman–Crippen LogP) is 4.11. The molecule has 0 spiro atoms. The average Bonchev–Trinajstić information content (AvgIpc) is 3.51. The maximum atomic E-state index is 13.3. The van der Waals surface area contributed by atoms with Crippen molar-refractivity contribution in [3.05, 3.63) is 48.2 Å². The van der Waals surface area contributed by atoms with Crippen LogP contribution in [-0.2, 0) is 15.8 Å². The number of benzene rings is 1. The first-order valence-electron chi connectivity index (χ1n) is 11.1. The summed E-state index contributed by atoms with van der Waals surface area (Å²) in [5.74, 6) is 0.481. The molecule has 0 bridgehead atoms. The molecule has 0 saturated carbocycles. The van der Waals surface area contributed by atoms with Gasteiger partial charge in [0.2, 0.25) is 17.6 Å². The predicted molar refractivity (Wildman–Crippen MR) is 123 cm³/mol. The maximum absolute atomic E-state index is 13.3. The van der Waals surface area contributed by atoms with E-state index in [-0.39, 0.29) is 40.3 Å². The number of carbonyl (C=O) groups excluding carboxylic acids is 2. The fourth-order valence-electron chi connectivity index (χ4n) is 3.96. The van der Waals surface area contributed by atoms with Crippen LogP contribution in [0.4, 0.5) is 13.2 Å². The number of rotatable bonds is 6. The third kappa shape index (κ3) is 5.37. The molecule has 3 heterocycles. The van der Waals surface area contributed by atoms with E-state index in [1.165, 1.54) is 23.0 Å². The minimum absolute atomic E-state index is 0.0176. The largest absolute Gasteiger partial charge is 0.461 e. The fourth-order valence-corrected chi connectivity index (χ4v) is 4.81. The number of amides is 2. The smallest absolute Gasteiger partial charge is 0.416 e. The van der Waals surface area contributed by atoms with E-state index in [0.29, 0.717) is 31.8 Å². The van der Waals surface area contributed by atoms with Crippen LogP contribution in [0.15, 0.2) is 52.2 Å². The van der Waals surface area contributed by atoms with Crippen molar-refractivity contribution < 1.29 is 27.2 Å². The first-order valence-corrected chi connectivity index (χ1v) is 12.0. The average molecular weight is 508 g/mol. The Morgan fingerprint density at radius 1 is 1.14 bits per heavy atom. The molecule has 186 valence electrons. The van der Waals surface area contributed by atoms with Crippen molar-refractivity contribution in [2.45, 2.75) is 37.6 Å². The Bertz CT molecular complexity index is 1200. The van der Waals surface area contributed by atoms with Crippen molar-refractivity contribution in [1.29, 1.82) is 0 Å². The van der Waals surface area contributed by atoms with E-state index in [9.17, 15) is 22.8 Å². The number of alkyl halides is 3. The molecule has 0 radical (unpaired) electrons. The lowest BCUT2D eigenvalue weighted by Crippen LogP contribution is -2.55. The van der Waals surface area contributed by atoms with Crippen LogP contribution in [0.5, 0.6) is 0 Å². The van der Waals surface area contributed by atoms with Crippen LogP contribution in [0.2, 0.25) is 0 Å². The molecular formula is C23H24F3N5O3S. The van der Waals surface area contributed by atoms with Gasteiger partial charge >= 0.3 is 6.18 Å². The fraction of sp³-hybridized carbons (Fsp3) is 0.391. The summed E-state index contributed by atoms with van der Waals surface area (Å²) in [5.41, 5.74) is -0.610.